The fraction of sp³-hybridized carbons (Fsp3) is 0.300. The number of hydrogen-bond acceptors (Lipinski definition) is 0. The predicted octanol–water partition coefficient (Wildman–Crippen LogP) is 6.01. The van der Waals surface area contributed by atoms with Gasteiger partial charge in [-0.2, -0.15) is 0 Å². The molecule has 0 bridgehead atoms. The average Bonchev–Trinajstić information content (AvgIpc) is 3.11. The molecule has 2 aliphatic rings. The molecule has 1 aromatic rings. The smallest absolute Gasteiger partial charge is 0.0783 e. The van der Waals surface area contributed by atoms with Gasteiger partial charge < -0.3 is 0 Å². The largest absolute Gasteiger partial charge is 0.0841 e. The summed E-state index contributed by atoms with van der Waals surface area (Å²) in [5, 5.41) is 1.68. The minimum absolute atomic E-state index is 1.07. The van der Waals surface area contributed by atoms with Crippen molar-refractivity contribution in [2.75, 3.05) is 0 Å². The molecular formula is C20H24Si. The van der Waals surface area contributed by atoms with Crippen LogP contribution < -0.4 is 0 Å². The standard InChI is InChI=1S/C20H24Si/c1-21(2,3)20(17-12-6-7-13-17)19-15-9-8-14-18(19)16-10-4-5-11-16/h4-10,14-15H,11-13H2,1-3H3. The van der Waals surface area contributed by atoms with E-state index in [-0.39, 0.29) is 0 Å². The number of hydrogen-bond donors (Lipinski definition) is 0. The Hall–Kier alpha value is -1.60. The summed E-state index contributed by atoms with van der Waals surface area (Å²) in [7, 11) is -1.38. The zero-order valence-electron chi connectivity index (χ0n) is 13.3. The highest BCUT2D eigenvalue weighted by atomic mass is 28.3. The lowest BCUT2D eigenvalue weighted by atomic mass is 9.96. The second-order valence-corrected chi connectivity index (χ2v) is 12.0. The van der Waals surface area contributed by atoms with Gasteiger partial charge in [0.2, 0.25) is 0 Å². The van der Waals surface area contributed by atoms with Crippen LogP contribution in [0, 0.1) is 0 Å². The first-order valence-electron chi connectivity index (χ1n) is 7.90. The first kappa shape index (κ1) is 14.3. The van der Waals surface area contributed by atoms with E-state index >= 15 is 0 Å². The summed E-state index contributed by atoms with van der Waals surface area (Å²) < 4.78 is 0. The molecule has 0 fully saturated rings. The maximum Gasteiger partial charge on any atom is 0.0783 e. The van der Waals surface area contributed by atoms with Crippen LogP contribution in [-0.2, 0) is 0 Å². The Labute approximate surface area is 129 Å². The zero-order valence-corrected chi connectivity index (χ0v) is 14.3. The second kappa shape index (κ2) is 5.65. The molecule has 1 heteroatoms. The van der Waals surface area contributed by atoms with Gasteiger partial charge in [-0.05, 0) is 36.0 Å². The molecular weight excluding hydrogens is 268 g/mol. The van der Waals surface area contributed by atoms with Crippen LogP contribution in [0.4, 0.5) is 0 Å². The van der Waals surface area contributed by atoms with E-state index in [4.69, 9.17) is 0 Å². The molecule has 3 rings (SSSR count). The molecule has 0 spiro atoms. The Morgan fingerprint density at radius 3 is 2.24 bits per heavy atom. The summed E-state index contributed by atoms with van der Waals surface area (Å²) >= 11 is 0. The highest BCUT2D eigenvalue weighted by molar-refractivity contribution is 6.93. The van der Waals surface area contributed by atoms with Crippen molar-refractivity contribution < 1.29 is 0 Å². The van der Waals surface area contributed by atoms with Crippen molar-refractivity contribution in [3.05, 3.63) is 71.3 Å². The lowest BCUT2D eigenvalue weighted by molar-refractivity contribution is 1.20. The summed E-state index contributed by atoms with van der Waals surface area (Å²) in [6, 6.07) is 9.02. The van der Waals surface area contributed by atoms with E-state index in [2.05, 4.69) is 74.3 Å². The third-order valence-corrected chi connectivity index (χ3v) is 6.44. The lowest BCUT2D eigenvalue weighted by Gasteiger charge is -2.27. The molecule has 0 radical (unpaired) electrons. The van der Waals surface area contributed by atoms with Gasteiger partial charge in [0.05, 0.1) is 8.07 Å². The topological polar surface area (TPSA) is 0 Å². The molecule has 0 saturated carbocycles. The number of benzene rings is 1. The predicted molar refractivity (Wildman–Crippen MR) is 96.8 cm³/mol. The molecule has 0 aliphatic heterocycles. The van der Waals surface area contributed by atoms with E-state index in [0.717, 1.165) is 19.3 Å². The van der Waals surface area contributed by atoms with Crippen molar-refractivity contribution in [3.8, 4) is 0 Å². The van der Waals surface area contributed by atoms with E-state index in [9.17, 15) is 0 Å². The van der Waals surface area contributed by atoms with Crippen LogP contribution in [0.25, 0.3) is 10.8 Å². The SMILES string of the molecule is C[Si](C)(C)C(=C1CC=CC1)c1ccccc1C1=CC=CC1. The molecule has 0 unspecified atom stereocenters. The van der Waals surface area contributed by atoms with Crippen molar-refractivity contribution in [2.45, 2.75) is 38.9 Å². The molecule has 0 saturated heterocycles. The molecule has 1 aromatic carbocycles. The Morgan fingerprint density at radius 1 is 0.905 bits per heavy atom. The Balaban J connectivity index is 2.15. The van der Waals surface area contributed by atoms with Crippen molar-refractivity contribution in [2.24, 2.45) is 0 Å². The van der Waals surface area contributed by atoms with Crippen molar-refractivity contribution >= 4 is 18.8 Å². The number of allylic oxidation sites excluding steroid dienone is 7. The average molecular weight is 292 g/mol. The van der Waals surface area contributed by atoms with Crippen LogP contribution >= 0.6 is 0 Å². The van der Waals surface area contributed by atoms with Gasteiger partial charge >= 0.3 is 0 Å². The third-order valence-electron chi connectivity index (χ3n) is 4.31. The van der Waals surface area contributed by atoms with Gasteiger partial charge in [0, 0.05) is 0 Å². The molecule has 0 amide bonds. The first-order chi connectivity index (χ1) is 10.1. The summed E-state index contributed by atoms with van der Waals surface area (Å²) in [5.41, 5.74) is 6.05. The van der Waals surface area contributed by atoms with E-state index in [1.165, 1.54) is 16.7 Å². The number of rotatable bonds is 3. The van der Waals surface area contributed by atoms with Crippen molar-refractivity contribution in [1.29, 1.82) is 0 Å². The highest BCUT2D eigenvalue weighted by Gasteiger charge is 2.27. The van der Waals surface area contributed by atoms with Gasteiger partial charge in [0.1, 0.15) is 0 Å². The Bertz CT molecular complexity index is 653. The van der Waals surface area contributed by atoms with Crippen LogP contribution in [0.3, 0.4) is 0 Å². The first-order valence-corrected chi connectivity index (χ1v) is 11.4. The molecule has 0 nitrogen and oxygen atoms in total. The minimum Gasteiger partial charge on any atom is -0.0841 e. The zero-order chi connectivity index (χ0) is 14.9. The molecule has 0 heterocycles. The monoisotopic (exact) mass is 292 g/mol. The summed E-state index contributed by atoms with van der Waals surface area (Å²) in [5.74, 6) is 0. The van der Waals surface area contributed by atoms with Gasteiger partial charge in [-0.1, -0.05) is 85.1 Å². The molecule has 0 atom stereocenters. The minimum atomic E-state index is -1.38. The fourth-order valence-corrected chi connectivity index (χ4v) is 5.78. The molecule has 108 valence electrons. The van der Waals surface area contributed by atoms with Crippen LogP contribution in [-0.4, -0.2) is 8.07 Å². The molecule has 21 heavy (non-hydrogen) atoms. The third kappa shape index (κ3) is 2.89. The second-order valence-electron chi connectivity index (χ2n) is 6.98. The van der Waals surface area contributed by atoms with Crippen LogP contribution in [0.1, 0.15) is 30.4 Å². The van der Waals surface area contributed by atoms with Gasteiger partial charge in [-0.15, -0.1) is 0 Å². The normalized spacial score (nSPS) is 17.5. The van der Waals surface area contributed by atoms with Crippen LogP contribution in [0.15, 0.2) is 60.2 Å². The maximum atomic E-state index is 2.48. The Kier molecular flexibility index (Phi) is 3.86. The van der Waals surface area contributed by atoms with Gasteiger partial charge in [0.15, 0.2) is 0 Å². The summed E-state index contributed by atoms with van der Waals surface area (Å²) in [4.78, 5) is 0. The molecule has 0 N–H and O–H groups in total. The van der Waals surface area contributed by atoms with E-state index in [1.54, 1.807) is 10.8 Å². The van der Waals surface area contributed by atoms with E-state index < -0.39 is 8.07 Å². The lowest BCUT2D eigenvalue weighted by Crippen LogP contribution is -2.25. The summed E-state index contributed by atoms with van der Waals surface area (Å²) in [6.45, 7) is 7.43. The van der Waals surface area contributed by atoms with E-state index in [0.29, 0.717) is 0 Å². The quantitative estimate of drug-likeness (QED) is 0.472. The van der Waals surface area contributed by atoms with E-state index in [1.807, 2.05) is 0 Å². The molecule has 0 aromatic heterocycles. The van der Waals surface area contributed by atoms with Crippen LogP contribution in [0.2, 0.25) is 19.6 Å². The maximum absolute atomic E-state index is 2.48. The highest BCUT2D eigenvalue weighted by Crippen LogP contribution is 2.39. The van der Waals surface area contributed by atoms with Gasteiger partial charge in [-0.3, -0.25) is 0 Å². The summed E-state index contributed by atoms with van der Waals surface area (Å²) in [6.07, 6.45) is 14.7. The van der Waals surface area contributed by atoms with Crippen molar-refractivity contribution in [3.63, 3.8) is 0 Å². The van der Waals surface area contributed by atoms with Crippen molar-refractivity contribution in [1.82, 2.24) is 0 Å². The fourth-order valence-electron chi connectivity index (χ4n) is 3.49. The van der Waals surface area contributed by atoms with Crippen LogP contribution in [0.5, 0.6) is 0 Å². The van der Waals surface area contributed by atoms with Gasteiger partial charge in [-0.25, -0.2) is 0 Å². The molecule has 2 aliphatic carbocycles. The Morgan fingerprint density at radius 2 is 1.62 bits per heavy atom. The van der Waals surface area contributed by atoms with Gasteiger partial charge in [0.25, 0.3) is 0 Å².